The van der Waals surface area contributed by atoms with Gasteiger partial charge in [0.25, 0.3) is 0 Å². The molecule has 0 unspecified atom stereocenters. The third kappa shape index (κ3) is 4.75. The number of methoxy groups -OCH3 is 3. The van der Waals surface area contributed by atoms with Gasteiger partial charge < -0.3 is 28.7 Å². The van der Waals surface area contributed by atoms with Gasteiger partial charge in [-0.2, -0.15) is 4.57 Å². The van der Waals surface area contributed by atoms with Gasteiger partial charge in [-0.15, -0.1) is 0 Å². The Morgan fingerprint density at radius 1 is 0.886 bits per heavy atom. The van der Waals surface area contributed by atoms with Gasteiger partial charge in [-0.3, -0.25) is 0 Å². The molecule has 1 saturated heterocycles. The molecule has 0 bridgehead atoms. The molecule has 0 amide bonds. The third-order valence-electron chi connectivity index (χ3n) is 7.27. The van der Waals surface area contributed by atoms with E-state index in [2.05, 4.69) is 51.9 Å². The number of nitrogens with zero attached hydrogens (tertiary/aromatic N) is 3. The Balaban J connectivity index is 1.41. The van der Waals surface area contributed by atoms with E-state index in [9.17, 15) is 0 Å². The number of piperazine rings is 1. The van der Waals surface area contributed by atoms with Gasteiger partial charge in [0.2, 0.25) is 5.69 Å². The minimum atomic E-state index is 0.670. The van der Waals surface area contributed by atoms with E-state index in [-0.39, 0.29) is 0 Å². The molecular weight excluding hydrogens is 442 g/mol. The molecule has 7 nitrogen and oxygen atoms in total. The fourth-order valence-electron chi connectivity index (χ4n) is 5.18. The fourth-order valence-corrected chi connectivity index (χ4v) is 5.18. The molecule has 2 aliphatic rings. The van der Waals surface area contributed by atoms with E-state index in [0.29, 0.717) is 6.61 Å². The average molecular weight is 479 g/mol. The number of aryl methyl sites for hydroxylation is 2. The lowest BCUT2D eigenvalue weighted by Gasteiger charge is -2.32. The van der Waals surface area contributed by atoms with E-state index in [4.69, 9.17) is 18.9 Å². The van der Waals surface area contributed by atoms with Crippen LogP contribution in [0.3, 0.4) is 0 Å². The first-order valence-corrected chi connectivity index (χ1v) is 12.4. The molecule has 1 fully saturated rings. The summed E-state index contributed by atoms with van der Waals surface area (Å²) in [5.74, 6) is 3.13. The molecular formula is C28H36N3O4+. The second kappa shape index (κ2) is 10.3. The highest BCUT2D eigenvalue weighted by Crippen LogP contribution is 2.40. The second-order valence-electron chi connectivity index (χ2n) is 9.41. The highest BCUT2D eigenvalue weighted by Gasteiger charge is 2.27. The van der Waals surface area contributed by atoms with Crippen LogP contribution in [0.4, 0.5) is 0 Å². The number of ether oxygens (including phenoxy) is 4. The van der Waals surface area contributed by atoms with Gasteiger partial charge in [0.1, 0.15) is 0 Å². The van der Waals surface area contributed by atoms with Gasteiger partial charge >= 0.3 is 0 Å². The van der Waals surface area contributed by atoms with Crippen LogP contribution in [0, 0.1) is 0 Å². The molecule has 7 heteroatoms. The predicted octanol–water partition coefficient (Wildman–Crippen LogP) is 3.39. The van der Waals surface area contributed by atoms with Crippen LogP contribution < -0.4 is 23.5 Å². The summed E-state index contributed by atoms with van der Waals surface area (Å²) in [5, 5.41) is 2.21. The number of pyridine rings is 1. The summed E-state index contributed by atoms with van der Waals surface area (Å²) in [7, 11) is 7.26. The summed E-state index contributed by atoms with van der Waals surface area (Å²) < 4.78 is 25.5. The van der Waals surface area contributed by atoms with Gasteiger partial charge in [0, 0.05) is 45.2 Å². The van der Waals surface area contributed by atoms with Crippen molar-refractivity contribution in [3.8, 4) is 34.3 Å². The molecule has 0 spiro atoms. The summed E-state index contributed by atoms with van der Waals surface area (Å²) in [5.41, 5.74) is 3.63. The van der Waals surface area contributed by atoms with Crippen LogP contribution in [0.2, 0.25) is 0 Å². The standard InChI is InChI=1S/C28H36N3O4/c1-29-11-13-30(14-12-29)9-5-15-35-28-23-19-31-10-8-21-17-26(33-3)27(34-4)18-22(21)24(31)16-20(23)6-7-25(28)32-2/h6-7,16-19H,5,8-15H2,1-4H3/q+1. The smallest absolute Gasteiger partial charge is 0.213 e. The average Bonchev–Trinajstić information content (AvgIpc) is 2.90. The molecule has 0 atom stereocenters. The number of likely N-dealkylation sites (N-methyl/N-ethyl adjacent to an activating group) is 1. The van der Waals surface area contributed by atoms with Crippen molar-refractivity contribution in [3.63, 3.8) is 0 Å². The number of benzene rings is 2. The maximum absolute atomic E-state index is 6.37. The lowest BCUT2D eigenvalue weighted by Crippen LogP contribution is -2.44. The van der Waals surface area contributed by atoms with E-state index in [0.717, 1.165) is 85.9 Å². The van der Waals surface area contributed by atoms with Crippen LogP contribution in [0.1, 0.15) is 12.0 Å². The number of rotatable bonds is 8. The van der Waals surface area contributed by atoms with Crippen LogP contribution >= 0.6 is 0 Å². The van der Waals surface area contributed by atoms with Crippen LogP contribution in [0.15, 0.2) is 36.5 Å². The zero-order chi connectivity index (χ0) is 24.4. The van der Waals surface area contributed by atoms with E-state index in [1.807, 2.05) is 6.07 Å². The molecule has 2 aliphatic heterocycles. The van der Waals surface area contributed by atoms with Crippen LogP contribution in [0.5, 0.6) is 23.0 Å². The Kier molecular flexibility index (Phi) is 6.97. The Morgan fingerprint density at radius 3 is 2.37 bits per heavy atom. The van der Waals surface area contributed by atoms with Crippen molar-refractivity contribution in [3.05, 3.63) is 42.1 Å². The second-order valence-corrected chi connectivity index (χ2v) is 9.41. The third-order valence-corrected chi connectivity index (χ3v) is 7.27. The zero-order valence-electron chi connectivity index (χ0n) is 21.3. The van der Waals surface area contributed by atoms with E-state index < -0.39 is 0 Å². The van der Waals surface area contributed by atoms with Crippen molar-refractivity contribution in [2.24, 2.45) is 0 Å². The predicted molar refractivity (Wildman–Crippen MR) is 137 cm³/mol. The van der Waals surface area contributed by atoms with Crippen molar-refractivity contribution < 1.29 is 23.5 Å². The van der Waals surface area contributed by atoms with Gasteiger partial charge in [-0.1, -0.05) is 0 Å². The molecule has 35 heavy (non-hydrogen) atoms. The molecule has 0 N–H and O–H groups in total. The monoisotopic (exact) mass is 478 g/mol. The van der Waals surface area contributed by atoms with Gasteiger partial charge in [-0.05, 0) is 48.7 Å². The number of hydrogen-bond acceptors (Lipinski definition) is 6. The lowest BCUT2D eigenvalue weighted by molar-refractivity contribution is -0.686. The van der Waals surface area contributed by atoms with E-state index >= 15 is 0 Å². The quantitative estimate of drug-likeness (QED) is 0.365. The Bertz CT molecular complexity index is 1200. The largest absolute Gasteiger partial charge is 0.493 e. The minimum Gasteiger partial charge on any atom is -0.493 e. The molecule has 3 heterocycles. The fraction of sp³-hybridized carbons (Fsp3) is 0.464. The summed E-state index contributed by atoms with van der Waals surface area (Å²) in [6.45, 7) is 7.18. The summed E-state index contributed by atoms with van der Waals surface area (Å²) in [6, 6.07) is 10.6. The molecule has 186 valence electrons. The van der Waals surface area contributed by atoms with E-state index in [1.165, 1.54) is 16.8 Å². The number of aromatic nitrogens is 1. The summed E-state index contributed by atoms with van der Waals surface area (Å²) >= 11 is 0. The number of hydrogen-bond donors (Lipinski definition) is 0. The normalized spacial score (nSPS) is 16.0. The highest BCUT2D eigenvalue weighted by atomic mass is 16.5. The van der Waals surface area contributed by atoms with Crippen LogP contribution in [-0.4, -0.2) is 77.5 Å². The summed E-state index contributed by atoms with van der Waals surface area (Å²) in [6.07, 6.45) is 4.14. The van der Waals surface area contributed by atoms with Crippen LogP contribution in [-0.2, 0) is 13.0 Å². The van der Waals surface area contributed by atoms with Crippen molar-refractivity contribution in [2.75, 3.05) is 67.7 Å². The number of fused-ring (bicyclic) bond motifs is 4. The molecule has 0 saturated carbocycles. The van der Waals surface area contributed by atoms with Crippen molar-refractivity contribution in [1.82, 2.24) is 9.80 Å². The maximum atomic E-state index is 6.37. The van der Waals surface area contributed by atoms with Gasteiger partial charge in [-0.25, -0.2) is 0 Å². The lowest BCUT2D eigenvalue weighted by atomic mass is 9.95. The van der Waals surface area contributed by atoms with Crippen molar-refractivity contribution in [2.45, 2.75) is 19.4 Å². The Hall–Kier alpha value is -3.03. The SMILES string of the molecule is COc1cc2c(cc1OC)-c1cc3ccc(OC)c(OCCCN4CCN(C)CC4)c3c[n+]1CC2. The molecule has 0 radical (unpaired) electrons. The highest BCUT2D eigenvalue weighted by molar-refractivity contribution is 5.91. The van der Waals surface area contributed by atoms with Crippen molar-refractivity contribution in [1.29, 1.82) is 0 Å². The Labute approximate surface area is 207 Å². The first kappa shape index (κ1) is 23.7. The topological polar surface area (TPSA) is 47.3 Å². The van der Waals surface area contributed by atoms with Crippen molar-refractivity contribution >= 4 is 10.8 Å². The first-order valence-electron chi connectivity index (χ1n) is 12.4. The van der Waals surface area contributed by atoms with Gasteiger partial charge in [0.15, 0.2) is 35.7 Å². The maximum Gasteiger partial charge on any atom is 0.213 e. The van der Waals surface area contributed by atoms with E-state index in [1.54, 1.807) is 21.3 Å². The first-order chi connectivity index (χ1) is 17.1. The Morgan fingerprint density at radius 2 is 1.63 bits per heavy atom. The molecule has 1 aromatic heterocycles. The molecule has 2 aromatic carbocycles. The molecule has 3 aromatic rings. The molecule has 0 aliphatic carbocycles. The zero-order valence-corrected chi connectivity index (χ0v) is 21.3. The van der Waals surface area contributed by atoms with Crippen LogP contribution in [0.25, 0.3) is 22.0 Å². The minimum absolute atomic E-state index is 0.670. The summed E-state index contributed by atoms with van der Waals surface area (Å²) in [4.78, 5) is 4.91. The molecule has 5 rings (SSSR count). The van der Waals surface area contributed by atoms with Gasteiger partial charge in [0.05, 0.1) is 38.9 Å².